The Kier molecular flexibility index (Phi) is 20.9. The van der Waals surface area contributed by atoms with Crippen molar-refractivity contribution in [1.82, 2.24) is 0 Å². The highest BCUT2D eigenvalue weighted by Crippen LogP contribution is 2.10. The molecule has 0 aromatic heterocycles. The molecule has 0 aromatic carbocycles. The predicted molar refractivity (Wildman–Crippen MR) is 87.2 cm³/mol. The van der Waals surface area contributed by atoms with Gasteiger partial charge >= 0.3 is 5.97 Å². The van der Waals surface area contributed by atoms with Gasteiger partial charge in [0.15, 0.2) is 0 Å². The zero-order valence-electron chi connectivity index (χ0n) is 14.3. The fourth-order valence-electron chi connectivity index (χ4n) is 1.87. The first-order valence-electron chi connectivity index (χ1n) is 8.44. The summed E-state index contributed by atoms with van der Waals surface area (Å²) in [6, 6.07) is 0. The lowest BCUT2D eigenvalue weighted by Crippen LogP contribution is -2.00. The molecule has 0 aliphatic rings. The van der Waals surface area contributed by atoms with Crippen molar-refractivity contribution in [3.05, 3.63) is 0 Å². The first-order chi connectivity index (χ1) is 10.1. The Morgan fingerprint density at radius 2 is 1.48 bits per heavy atom. The molecule has 0 aliphatic carbocycles. The monoisotopic (exact) mass is 304 g/mol. The van der Waals surface area contributed by atoms with Crippen LogP contribution in [0.4, 0.5) is 0 Å². The molecular weight excluding hydrogens is 268 g/mol. The number of ether oxygens (including phenoxy) is 1. The Hall–Kier alpha value is -0.610. The van der Waals surface area contributed by atoms with Crippen LogP contribution in [0.3, 0.4) is 0 Å². The molecule has 21 heavy (non-hydrogen) atoms. The van der Waals surface area contributed by atoms with E-state index in [4.69, 9.17) is 10.2 Å². The summed E-state index contributed by atoms with van der Waals surface area (Å²) in [6.07, 6.45) is 12.3. The summed E-state index contributed by atoms with van der Waals surface area (Å²) in [6.45, 7) is 3.97. The van der Waals surface area contributed by atoms with E-state index in [1.165, 1.54) is 58.5 Å². The second kappa shape index (κ2) is 19.4. The maximum absolute atomic E-state index is 10.8. The number of aliphatic hydroxyl groups is 2. The van der Waals surface area contributed by atoms with E-state index in [1.54, 1.807) is 6.92 Å². The Bertz CT molecular complexity index is 205. The van der Waals surface area contributed by atoms with Crippen LogP contribution >= 0.6 is 0 Å². The van der Waals surface area contributed by atoms with E-state index in [1.807, 2.05) is 0 Å². The molecular formula is C17H36O4. The summed E-state index contributed by atoms with van der Waals surface area (Å²) < 4.78 is 4.58. The zero-order chi connectivity index (χ0) is 16.3. The van der Waals surface area contributed by atoms with Crippen molar-refractivity contribution in [1.29, 1.82) is 0 Å². The van der Waals surface area contributed by atoms with Crippen LogP contribution in [0, 0.1) is 0 Å². The fourth-order valence-corrected chi connectivity index (χ4v) is 1.87. The number of esters is 1. The Morgan fingerprint density at radius 1 is 1.00 bits per heavy atom. The number of hydrogen-bond acceptors (Lipinski definition) is 4. The Balaban J connectivity index is 0. The highest BCUT2D eigenvalue weighted by atomic mass is 16.5. The molecule has 0 aromatic rings. The van der Waals surface area contributed by atoms with Gasteiger partial charge in [-0.1, -0.05) is 58.3 Å². The van der Waals surface area contributed by atoms with Gasteiger partial charge in [-0.05, 0) is 19.8 Å². The van der Waals surface area contributed by atoms with E-state index >= 15 is 0 Å². The number of unbranched alkanes of at least 4 members (excludes halogenated alkanes) is 8. The van der Waals surface area contributed by atoms with Crippen LogP contribution in [0.1, 0.15) is 84.5 Å². The van der Waals surface area contributed by atoms with E-state index in [-0.39, 0.29) is 18.7 Å². The summed E-state index contributed by atoms with van der Waals surface area (Å²) in [5, 5.41) is 16.5. The van der Waals surface area contributed by atoms with Crippen molar-refractivity contribution in [2.24, 2.45) is 0 Å². The first kappa shape index (κ1) is 22.7. The molecule has 0 spiro atoms. The Morgan fingerprint density at radius 3 is 1.81 bits per heavy atom. The van der Waals surface area contributed by atoms with Gasteiger partial charge in [-0.25, -0.2) is 0 Å². The summed E-state index contributed by atoms with van der Waals surface area (Å²) in [4.78, 5) is 10.8. The van der Waals surface area contributed by atoms with Gasteiger partial charge in [0.25, 0.3) is 0 Å². The lowest BCUT2D eigenvalue weighted by molar-refractivity contribution is -0.140. The van der Waals surface area contributed by atoms with Crippen LogP contribution in [0.2, 0.25) is 0 Å². The minimum atomic E-state index is -0.352. The minimum Gasteiger partial charge on any atom is -0.469 e. The fraction of sp³-hybridized carbons (Fsp3) is 0.941. The van der Waals surface area contributed by atoms with E-state index in [9.17, 15) is 4.79 Å². The number of carbonyl (C=O) groups is 1. The largest absolute Gasteiger partial charge is 0.469 e. The van der Waals surface area contributed by atoms with Crippen LogP contribution in [0.15, 0.2) is 0 Å². The predicted octanol–water partition coefficient (Wildman–Crippen LogP) is 3.83. The smallest absolute Gasteiger partial charge is 0.305 e. The quantitative estimate of drug-likeness (QED) is 0.425. The van der Waals surface area contributed by atoms with Crippen molar-refractivity contribution < 1.29 is 19.7 Å². The molecule has 0 saturated heterocycles. The summed E-state index contributed by atoms with van der Waals surface area (Å²) in [5.41, 5.74) is 0. The third-order valence-electron chi connectivity index (χ3n) is 3.26. The van der Waals surface area contributed by atoms with E-state index in [2.05, 4.69) is 11.7 Å². The second-order valence-electron chi connectivity index (χ2n) is 5.52. The zero-order valence-corrected chi connectivity index (χ0v) is 14.3. The number of rotatable bonds is 12. The van der Waals surface area contributed by atoms with Gasteiger partial charge in [-0.3, -0.25) is 4.79 Å². The molecule has 0 bridgehead atoms. The van der Waals surface area contributed by atoms with Crippen molar-refractivity contribution >= 4 is 5.97 Å². The first-order valence-corrected chi connectivity index (χ1v) is 8.44. The molecule has 0 aliphatic heterocycles. The average Bonchev–Trinajstić information content (AvgIpc) is 2.45. The number of methoxy groups -OCH3 is 1. The Labute approximate surface area is 130 Å². The van der Waals surface area contributed by atoms with Gasteiger partial charge in [0.05, 0.1) is 13.2 Å². The normalized spacial score (nSPS) is 11.5. The number of hydrogen-bond donors (Lipinski definition) is 2. The van der Waals surface area contributed by atoms with Crippen molar-refractivity contribution in [2.45, 2.75) is 90.6 Å². The second-order valence-corrected chi connectivity index (χ2v) is 5.52. The number of carbonyl (C=O) groups excluding carboxylic acids is 1. The number of aliphatic hydroxyl groups excluding tert-OH is 2. The van der Waals surface area contributed by atoms with E-state index < -0.39 is 0 Å². The SMILES string of the molecule is CC(O)CCO.CCCCCCCCCCCC(=O)OC. The van der Waals surface area contributed by atoms with Crippen molar-refractivity contribution in [3.8, 4) is 0 Å². The summed E-state index contributed by atoms with van der Waals surface area (Å²) in [5.74, 6) is -0.0713. The van der Waals surface area contributed by atoms with Crippen molar-refractivity contribution in [3.63, 3.8) is 0 Å². The molecule has 1 unspecified atom stereocenters. The molecule has 0 rings (SSSR count). The highest BCUT2D eigenvalue weighted by Gasteiger charge is 1.98. The lowest BCUT2D eigenvalue weighted by atomic mass is 10.1. The molecule has 4 nitrogen and oxygen atoms in total. The molecule has 1 atom stereocenters. The topological polar surface area (TPSA) is 66.8 Å². The molecule has 4 heteroatoms. The average molecular weight is 304 g/mol. The van der Waals surface area contributed by atoms with Gasteiger partial charge in [0, 0.05) is 13.0 Å². The van der Waals surface area contributed by atoms with Gasteiger partial charge in [-0.15, -0.1) is 0 Å². The summed E-state index contributed by atoms with van der Waals surface area (Å²) in [7, 11) is 1.45. The van der Waals surface area contributed by atoms with E-state index in [0.717, 1.165) is 6.42 Å². The van der Waals surface area contributed by atoms with Gasteiger partial charge < -0.3 is 14.9 Å². The van der Waals surface area contributed by atoms with Crippen LogP contribution in [0.25, 0.3) is 0 Å². The minimum absolute atomic E-state index is 0.0713. The van der Waals surface area contributed by atoms with Crippen LogP contribution in [0.5, 0.6) is 0 Å². The van der Waals surface area contributed by atoms with Crippen molar-refractivity contribution in [2.75, 3.05) is 13.7 Å². The molecule has 0 radical (unpaired) electrons. The molecule has 0 saturated carbocycles. The maximum atomic E-state index is 10.8. The van der Waals surface area contributed by atoms with Crippen LogP contribution < -0.4 is 0 Å². The standard InChI is InChI=1S/C13H26O2.C4H10O2/c1-3-4-5-6-7-8-9-10-11-12-13(14)15-2;1-4(6)2-3-5/h3-12H2,1-2H3;4-6H,2-3H2,1H3. The lowest BCUT2D eigenvalue weighted by Gasteiger charge is -2.01. The third-order valence-corrected chi connectivity index (χ3v) is 3.26. The van der Waals surface area contributed by atoms with Gasteiger partial charge in [-0.2, -0.15) is 0 Å². The van der Waals surface area contributed by atoms with Crippen LogP contribution in [-0.4, -0.2) is 36.0 Å². The molecule has 2 N–H and O–H groups in total. The van der Waals surface area contributed by atoms with Gasteiger partial charge in [0.2, 0.25) is 0 Å². The molecule has 0 heterocycles. The van der Waals surface area contributed by atoms with Crippen LogP contribution in [-0.2, 0) is 9.53 Å². The molecule has 128 valence electrons. The highest BCUT2D eigenvalue weighted by molar-refractivity contribution is 5.68. The maximum Gasteiger partial charge on any atom is 0.305 e. The van der Waals surface area contributed by atoms with E-state index in [0.29, 0.717) is 12.8 Å². The summed E-state index contributed by atoms with van der Waals surface area (Å²) >= 11 is 0. The third kappa shape index (κ3) is 24.8. The molecule has 0 amide bonds. The van der Waals surface area contributed by atoms with Gasteiger partial charge in [0.1, 0.15) is 0 Å². The molecule has 0 fully saturated rings.